The minimum absolute atomic E-state index is 0.140. The third-order valence-corrected chi connectivity index (χ3v) is 3.52. The minimum Gasteiger partial charge on any atom is -0.382 e. The van der Waals surface area contributed by atoms with Crippen molar-refractivity contribution in [1.29, 1.82) is 0 Å². The highest BCUT2D eigenvalue weighted by molar-refractivity contribution is 5.99. The lowest BCUT2D eigenvalue weighted by atomic mass is 10.1. The number of ketones is 1. The van der Waals surface area contributed by atoms with Crippen LogP contribution in [0, 0.1) is 0 Å². The van der Waals surface area contributed by atoms with Gasteiger partial charge in [-0.3, -0.25) is 4.79 Å². The van der Waals surface area contributed by atoms with E-state index in [0.29, 0.717) is 6.04 Å². The maximum absolute atomic E-state index is 11.5. The topological polar surface area (TPSA) is 29.1 Å². The molecule has 0 aromatic heterocycles. The summed E-state index contributed by atoms with van der Waals surface area (Å²) < 4.78 is 0. The Hall–Kier alpha value is -1.31. The smallest absolute Gasteiger partial charge is 0.161 e. The van der Waals surface area contributed by atoms with E-state index in [2.05, 4.69) is 5.32 Å². The number of anilines is 1. The van der Waals surface area contributed by atoms with Crippen molar-refractivity contribution in [3.05, 3.63) is 29.8 Å². The summed E-state index contributed by atoms with van der Waals surface area (Å²) in [6, 6.07) is 8.38. The van der Waals surface area contributed by atoms with E-state index in [1.165, 1.54) is 38.5 Å². The van der Waals surface area contributed by atoms with Crippen LogP contribution in [0.4, 0.5) is 5.69 Å². The number of hydrogen-bond acceptors (Lipinski definition) is 2. The van der Waals surface area contributed by atoms with E-state index in [0.717, 1.165) is 11.3 Å². The fourth-order valence-corrected chi connectivity index (χ4v) is 2.56. The molecule has 0 aliphatic heterocycles. The number of hydrogen-bond donors (Lipinski definition) is 1. The minimum atomic E-state index is 0.140. The quantitative estimate of drug-likeness (QED) is 0.628. The Labute approximate surface area is 103 Å². The van der Waals surface area contributed by atoms with Gasteiger partial charge >= 0.3 is 0 Å². The van der Waals surface area contributed by atoms with Gasteiger partial charge in [0.1, 0.15) is 0 Å². The fraction of sp³-hybridized carbons (Fsp3) is 0.533. The third-order valence-electron chi connectivity index (χ3n) is 3.52. The van der Waals surface area contributed by atoms with Crippen LogP contribution in [-0.2, 0) is 0 Å². The standard InChI is InChI=1S/C15H21NO/c1-12(17)14-10-6-7-11-15(14)16-13-8-4-2-3-5-9-13/h6-7,10-11,13,16H,2-5,8-9H2,1H3. The van der Waals surface area contributed by atoms with Crippen molar-refractivity contribution in [2.45, 2.75) is 51.5 Å². The van der Waals surface area contributed by atoms with E-state index >= 15 is 0 Å². The van der Waals surface area contributed by atoms with Gasteiger partial charge in [0.2, 0.25) is 0 Å². The summed E-state index contributed by atoms with van der Waals surface area (Å²) in [7, 11) is 0. The monoisotopic (exact) mass is 231 g/mol. The van der Waals surface area contributed by atoms with Gasteiger partial charge < -0.3 is 5.32 Å². The summed E-state index contributed by atoms with van der Waals surface area (Å²) in [6.45, 7) is 1.63. The van der Waals surface area contributed by atoms with Crippen LogP contribution in [0.1, 0.15) is 55.8 Å². The van der Waals surface area contributed by atoms with Crippen LogP contribution in [-0.4, -0.2) is 11.8 Å². The van der Waals surface area contributed by atoms with Crippen molar-refractivity contribution in [2.24, 2.45) is 0 Å². The molecule has 0 saturated heterocycles. The van der Waals surface area contributed by atoms with Crippen LogP contribution in [0.2, 0.25) is 0 Å². The molecule has 1 aliphatic rings. The summed E-state index contributed by atoms with van der Waals surface area (Å²) in [4.78, 5) is 11.5. The van der Waals surface area contributed by atoms with Crippen LogP contribution in [0.15, 0.2) is 24.3 Å². The molecule has 2 heteroatoms. The second-order valence-corrected chi connectivity index (χ2v) is 4.93. The Morgan fingerprint density at radius 3 is 2.41 bits per heavy atom. The van der Waals surface area contributed by atoms with Gasteiger partial charge in [-0.25, -0.2) is 0 Å². The summed E-state index contributed by atoms with van der Waals surface area (Å²) in [6.07, 6.45) is 7.78. The number of para-hydroxylation sites is 1. The number of nitrogens with one attached hydrogen (secondary N) is 1. The molecular formula is C15H21NO. The average Bonchev–Trinajstić information content (AvgIpc) is 2.58. The van der Waals surface area contributed by atoms with Crippen LogP contribution < -0.4 is 5.32 Å². The van der Waals surface area contributed by atoms with Gasteiger partial charge in [-0.2, -0.15) is 0 Å². The lowest BCUT2D eigenvalue weighted by Crippen LogP contribution is -2.19. The van der Waals surface area contributed by atoms with Crippen LogP contribution in [0.25, 0.3) is 0 Å². The average molecular weight is 231 g/mol. The second kappa shape index (κ2) is 5.85. The molecular weight excluding hydrogens is 210 g/mol. The molecule has 0 amide bonds. The first-order valence-corrected chi connectivity index (χ1v) is 6.64. The van der Waals surface area contributed by atoms with Gasteiger partial charge in [0.25, 0.3) is 0 Å². The normalized spacial score (nSPS) is 17.5. The number of carbonyl (C=O) groups is 1. The summed E-state index contributed by atoms with van der Waals surface area (Å²) >= 11 is 0. The highest BCUT2D eigenvalue weighted by Gasteiger charge is 2.14. The molecule has 1 aromatic rings. The lowest BCUT2D eigenvalue weighted by Gasteiger charge is -2.19. The molecule has 1 aliphatic carbocycles. The van der Waals surface area contributed by atoms with Crippen molar-refractivity contribution in [3.63, 3.8) is 0 Å². The molecule has 2 nitrogen and oxygen atoms in total. The SMILES string of the molecule is CC(=O)c1ccccc1NC1CCCCCC1. The van der Waals surface area contributed by atoms with Crippen LogP contribution >= 0.6 is 0 Å². The molecule has 1 aromatic carbocycles. The molecule has 0 spiro atoms. The first-order chi connectivity index (χ1) is 8.27. The molecule has 92 valence electrons. The summed E-state index contributed by atoms with van der Waals surface area (Å²) in [5, 5.41) is 3.55. The number of Topliss-reactive ketones (excluding diaryl/α,β-unsaturated/α-hetero) is 1. The van der Waals surface area contributed by atoms with Crippen LogP contribution in [0.5, 0.6) is 0 Å². The van der Waals surface area contributed by atoms with Crippen molar-refractivity contribution in [1.82, 2.24) is 0 Å². The van der Waals surface area contributed by atoms with E-state index in [1.807, 2.05) is 24.3 Å². The number of rotatable bonds is 3. The van der Waals surface area contributed by atoms with E-state index in [1.54, 1.807) is 6.92 Å². The second-order valence-electron chi connectivity index (χ2n) is 4.93. The van der Waals surface area contributed by atoms with E-state index in [4.69, 9.17) is 0 Å². The van der Waals surface area contributed by atoms with Gasteiger partial charge in [0, 0.05) is 17.3 Å². The zero-order valence-electron chi connectivity index (χ0n) is 10.5. The first kappa shape index (κ1) is 12.2. The van der Waals surface area contributed by atoms with Crippen molar-refractivity contribution in [2.75, 3.05) is 5.32 Å². The van der Waals surface area contributed by atoms with E-state index in [-0.39, 0.29) is 5.78 Å². The molecule has 0 atom stereocenters. The van der Waals surface area contributed by atoms with Gasteiger partial charge in [0.05, 0.1) is 0 Å². The van der Waals surface area contributed by atoms with E-state index in [9.17, 15) is 4.79 Å². The molecule has 1 N–H and O–H groups in total. The Balaban J connectivity index is 2.09. The maximum Gasteiger partial charge on any atom is 0.161 e. The zero-order valence-corrected chi connectivity index (χ0v) is 10.5. The highest BCUT2D eigenvalue weighted by atomic mass is 16.1. The van der Waals surface area contributed by atoms with Gasteiger partial charge in [-0.05, 0) is 31.9 Å². The maximum atomic E-state index is 11.5. The molecule has 0 unspecified atom stereocenters. The Morgan fingerprint density at radius 1 is 1.12 bits per heavy atom. The Morgan fingerprint density at radius 2 is 1.76 bits per heavy atom. The van der Waals surface area contributed by atoms with Crippen molar-refractivity contribution >= 4 is 11.5 Å². The highest BCUT2D eigenvalue weighted by Crippen LogP contribution is 2.23. The lowest BCUT2D eigenvalue weighted by molar-refractivity contribution is 0.101. The molecule has 0 bridgehead atoms. The first-order valence-electron chi connectivity index (χ1n) is 6.64. The van der Waals surface area contributed by atoms with Gasteiger partial charge in [-0.15, -0.1) is 0 Å². The molecule has 0 radical (unpaired) electrons. The predicted molar refractivity (Wildman–Crippen MR) is 71.6 cm³/mol. The van der Waals surface area contributed by atoms with Crippen molar-refractivity contribution in [3.8, 4) is 0 Å². The van der Waals surface area contributed by atoms with Crippen molar-refractivity contribution < 1.29 is 4.79 Å². The Bertz CT molecular complexity index is 378. The molecule has 1 saturated carbocycles. The zero-order chi connectivity index (χ0) is 12.1. The molecule has 17 heavy (non-hydrogen) atoms. The summed E-state index contributed by atoms with van der Waals surface area (Å²) in [5.74, 6) is 0.140. The van der Waals surface area contributed by atoms with Gasteiger partial charge in [0.15, 0.2) is 5.78 Å². The van der Waals surface area contributed by atoms with Gasteiger partial charge in [-0.1, -0.05) is 37.8 Å². The Kier molecular flexibility index (Phi) is 4.18. The fourth-order valence-electron chi connectivity index (χ4n) is 2.56. The molecule has 0 heterocycles. The third kappa shape index (κ3) is 3.32. The largest absolute Gasteiger partial charge is 0.382 e. The predicted octanol–water partition coefficient (Wildman–Crippen LogP) is 4.02. The molecule has 2 rings (SSSR count). The van der Waals surface area contributed by atoms with Crippen LogP contribution in [0.3, 0.4) is 0 Å². The number of benzene rings is 1. The summed E-state index contributed by atoms with van der Waals surface area (Å²) in [5.41, 5.74) is 1.82. The molecule has 1 fully saturated rings. The number of carbonyl (C=O) groups excluding carboxylic acids is 1. The van der Waals surface area contributed by atoms with E-state index < -0.39 is 0 Å².